The summed E-state index contributed by atoms with van der Waals surface area (Å²) < 4.78 is 60.9. The van der Waals surface area contributed by atoms with Crippen LogP contribution in [-0.2, 0) is 11.0 Å². The summed E-state index contributed by atoms with van der Waals surface area (Å²) in [5.74, 6) is -0.285. The van der Waals surface area contributed by atoms with E-state index in [1.807, 2.05) is 0 Å². The molecule has 2 fully saturated rings. The molecular formula is C25H25F4N5O3. The number of nitrogens with zero attached hydrogens (tertiary/aromatic N) is 3. The molecule has 5 rings (SSSR count). The highest BCUT2D eigenvalue weighted by molar-refractivity contribution is 6.09. The second-order valence-electron chi connectivity index (χ2n) is 9.55. The van der Waals surface area contributed by atoms with E-state index in [4.69, 9.17) is 4.74 Å². The van der Waals surface area contributed by atoms with E-state index in [2.05, 4.69) is 20.3 Å². The maximum Gasteiger partial charge on any atom is 0.416 e. The van der Waals surface area contributed by atoms with E-state index in [9.17, 15) is 27.2 Å². The van der Waals surface area contributed by atoms with Gasteiger partial charge >= 0.3 is 6.18 Å². The Balaban J connectivity index is 1.52. The number of benzene rings is 1. The standard InChI is InChI=1S/C25H25F4N5O3/c1-12-20(24(36)33-18-9-34(13(2)35)8-17(18)26)22-23(32-12)21(30-11-31-22)16-7-15(25(27,28)29)5-6-19(16)37-10-14-3-4-14/h5-7,11,14,17-18,32H,3-4,8-10H2,1-2H3,(H,33,36)/t17-,18+/m0/s1. The van der Waals surface area contributed by atoms with Gasteiger partial charge in [0.05, 0.1) is 35.8 Å². The van der Waals surface area contributed by atoms with E-state index in [-0.39, 0.29) is 52.6 Å². The summed E-state index contributed by atoms with van der Waals surface area (Å²) in [5, 5.41) is 2.63. The van der Waals surface area contributed by atoms with E-state index in [1.54, 1.807) is 6.92 Å². The first kappa shape index (κ1) is 25.0. The molecule has 0 spiro atoms. The molecule has 2 atom stereocenters. The summed E-state index contributed by atoms with van der Waals surface area (Å²) in [4.78, 5) is 37.5. The molecule has 1 aliphatic heterocycles. The lowest BCUT2D eigenvalue weighted by atomic mass is 10.0. The monoisotopic (exact) mass is 519 g/mol. The molecule has 0 radical (unpaired) electrons. The molecule has 0 unspecified atom stereocenters. The minimum atomic E-state index is -4.58. The first-order chi connectivity index (χ1) is 17.5. The van der Waals surface area contributed by atoms with Crippen molar-refractivity contribution in [2.45, 2.75) is 45.1 Å². The topological polar surface area (TPSA) is 100 Å². The van der Waals surface area contributed by atoms with Crippen LogP contribution < -0.4 is 10.1 Å². The number of alkyl halides is 4. The van der Waals surface area contributed by atoms with E-state index >= 15 is 0 Å². The number of hydrogen-bond acceptors (Lipinski definition) is 5. The maximum absolute atomic E-state index is 14.5. The molecule has 37 heavy (non-hydrogen) atoms. The third-order valence-electron chi connectivity index (χ3n) is 6.74. The predicted molar refractivity (Wildman–Crippen MR) is 126 cm³/mol. The second kappa shape index (κ2) is 9.31. The molecule has 1 saturated carbocycles. The zero-order valence-corrected chi connectivity index (χ0v) is 20.2. The van der Waals surface area contributed by atoms with Gasteiger partial charge in [0.2, 0.25) is 5.91 Å². The van der Waals surface area contributed by atoms with Gasteiger partial charge in [-0.3, -0.25) is 9.59 Å². The zero-order chi connectivity index (χ0) is 26.5. The zero-order valence-electron chi connectivity index (χ0n) is 20.2. The highest BCUT2D eigenvalue weighted by Crippen LogP contribution is 2.40. The van der Waals surface area contributed by atoms with Gasteiger partial charge in [-0.1, -0.05) is 0 Å². The number of likely N-dealkylation sites (tertiary alicyclic amines) is 1. The fraction of sp³-hybridized carbons (Fsp3) is 0.440. The van der Waals surface area contributed by atoms with Crippen molar-refractivity contribution in [3.63, 3.8) is 0 Å². The number of aromatic amines is 1. The third kappa shape index (κ3) is 4.96. The number of nitrogens with one attached hydrogen (secondary N) is 2. The van der Waals surface area contributed by atoms with Crippen LogP contribution in [0.25, 0.3) is 22.3 Å². The summed E-state index contributed by atoms with van der Waals surface area (Å²) in [6.45, 7) is 3.25. The maximum atomic E-state index is 14.5. The highest BCUT2D eigenvalue weighted by Gasteiger charge is 2.36. The average molecular weight is 519 g/mol. The first-order valence-electron chi connectivity index (χ1n) is 11.9. The largest absolute Gasteiger partial charge is 0.493 e. The van der Waals surface area contributed by atoms with Crippen molar-refractivity contribution < 1.29 is 31.9 Å². The fourth-order valence-electron chi connectivity index (χ4n) is 4.51. The Morgan fingerprint density at radius 2 is 1.97 bits per heavy atom. The van der Waals surface area contributed by atoms with Gasteiger partial charge in [0.25, 0.3) is 5.91 Å². The molecule has 8 nitrogen and oxygen atoms in total. The van der Waals surface area contributed by atoms with Gasteiger partial charge in [0, 0.05) is 24.7 Å². The number of rotatable bonds is 6. The Hall–Kier alpha value is -3.70. The molecule has 2 aliphatic rings. The van der Waals surface area contributed by atoms with Crippen molar-refractivity contribution in [2.24, 2.45) is 5.92 Å². The Labute approximate surface area is 209 Å². The van der Waals surface area contributed by atoms with Gasteiger partial charge < -0.3 is 19.9 Å². The average Bonchev–Trinajstić information content (AvgIpc) is 3.50. The van der Waals surface area contributed by atoms with Gasteiger partial charge in [-0.2, -0.15) is 13.2 Å². The van der Waals surface area contributed by atoms with Crippen LogP contribution in [0.15, 0.2) is 24.5 Å². The van der Waals surface area contributed by atoms with Crippen LogP contribution in [-0.4, -0.2) is 63.6 Å². The molecule has 2 aromatic heterocycles. The van der Waals surface area contributed by atoms with E-state index in [0.29, 0.717) is 18.2 Å². The summed E-state index contributed by atoms with van der Waals surface area (Å²) >= 11 is 0. The Morgan fingerprint density at radius 3 is 2.62 bits per heavy atom. The number of fused-ring (bicyclic) bond motifs is 1. The van der Waals surface area contributed by atoms with Gasteiger partial charge in [0.1, 0.15) is 29.5 Å². The van der Waals surface area contributed by atoms with Crippen LogP contribution in [0.2, 0.25) is 0 Å². The van der Waals surface area contributed by atoms with Crippen LogP contribution in [0.3, 0.4) is 0 Å². The van der Waals surface area contributed by atoms with Gasteiger partial charge in [-0.15, -0.1) is 0 Å². The van der Waals surface area contributed by atoms with Gasteiger partial charge in [-0.25, -0.2) is 14.4 Å². The van der Waals surface area contributed by atoms with E-state index in [0.717, 1.165) is 31.3 Å². The number of H-pyrrole nitrogens is 1. The summed E-state index contributed by atoms with van der Waals surface area (Å²) in [6.07, 6.45) is -2.83. The first-order valence-corrected chi connectivity index (χ1v) is 11.9. The van der Waals surface area contributed by atoms with Crippen molar-refractivity contribution in [2.75, 3.05) is 19.7 Å². The number of carbonyl (C=O) groups is 2. The molecule has 1 aliphatic carbocycles. The molecular weight excluding hydrogens is 494 g/mol. The van der Waals surface area contributed by atoms with Crippen molar-refractivity contribution in [3.8, 4) is 17.0 Å². The molecule has 3 aromatic rings. The summed E-state index contributed by atoms with van der Waals surface area (Å²) in [6, 6.07) is 2.32. The minimum absolute atomic E-state index is 0.0375. The molecule has 0 bridgehead atoms. The number of halogens is 4. The van der Waals surface area contributed by atoms with Gasteiger partial charge in [0.15, 0.2) is 0 Å². The lowest BCUT2D eigenvalue weighted by molar-refractivity contribution is -0.137. The van der Waals surface area contributed by atoms with E-state index in [1.165, 1.54) is 17.9 Å². The van der Waals surface area contributed by atoms with Crippen LogP contribution >= 0.6 is 0 Å². The molecule has 1 aromatic carbocycles. The SMILES string of the molecule is CC(=O)N1C[C@H](F)[C@H](NC(=O)c2c(C)[nH]c3c(-c4cc(C(F)(F)F)ccc4OCC4CC4)ncnc23)C1. The number of amides is 2. The molecule has 196 valence electrons. The van der Waals surface area contributed by atoms with Crippen LogP contribution in [0.5, 0.6) is 5.75 Å². The number of aromatic nitrogens is 3. The quantitative estimate of drug-likeness (QED) is 0.479. The Bertz CT molecular complexity index is 1370. The van der Waals surface area contributed by atoms with Crippen molar-refractivity contribution in [3.05, 3.63) is 41.3 Å². The molecule has 2 amide bonds. The van der Waals surface area contributed by atoms with Crippen molar-refractivity contribution in [1.29, 1.82) is 0 Å². The predicted octanol–water partition coefficient (Wildman–Crippen LogP) is 4.04. The Morgan fingerprint density at radius 1 is 1.22 bits per heavy atom. The van der Waals surface area contributed by atoms with Crippen LogP contribution in [0.4, 0.5) is 17.6 Å². The molecule has 2 N–H and O–H groups in total. The van der Waals surface area contributed by atoms with Crippen LogP contribution in [0, 0.1) is 12.8 Å². The normalized spacial score (nSPS) is 19.9. The van der Waals surface area contributed by atoms with Crippen molar-refractivity contribution >= 4 is 22.8 Å². The van der Waals surface area contributed by atoms with Gasteiger partial charge in [-0.05, 0) is 43.9 Å². The third-order valence-corrected chi connectivity index (χ3v) is 6.74. The smallest absolute Gasteiger partial charge is 0.416 e. The lowest BCUT2D eigenvalue weighted by Gasteiger charge is -2.15. The van der Waals surface area contributed by atoms with Crippen LogP contribution in [0.1, 0.15) is 41.4 Å². The fourth-order valence-corrected chi connectivity index (χ4v) is 4.51. The van der Waals surface area contributed by atoms with Crippen molar-refractivity contribution in [1.82, 2.24) is 25.2 Å². The number of hydrogen-bond donors (Lipinski definition) is 2. The number of carbonyl (C=O) groups excluding carboxylic acids is 2. The minimum Gasteiger partial charge on any atom is -0.493 e. The molecule has 12 heteroatoms. The summed E-state index contributed by atoms with van der Waals surface area (Å²) in [5.41, 5.74) is 0.359. The lowest BCUT2D eigenvalue weighted by Crippen LogP contribution is -2.41. The molecule has 3 heterocycles. The highest BCUT2D eigenvalue weighted by atomic mass is 19.4. The van der Waals surface area contributed by atoms with E-state index < -0.39 is 29.9 Å². The summed E-state index contributed by atoms with van der Waals surface area (Å²) in [7, 11) is 0. The second-order valence-corrected chi connectivity index (χ2v) is 9.55. The number of aryl methyl sites for hydroxylation is 1. The number of ether oxygens (including phenoxy) is 1. The Kier molecular flexibility index (Phi) is 6.28. The molecule has 1 saturated heterocycles.